The average Bonchev–Trinajstić information content (AvgIpc) is 3.50. The summed E-state index contributed by atoms with van der Waals surface area (Å²) in [6.45, 7) is 7.22. The maximum absolute atomic E-state index is 14.2. The van der Waals surface area contributed by atoms with E-state index in [-0.39, 0.29) is 24.2 Å². The monoisotopic (exact) mass is 617 g/mol. The number of nitrogens with two attached hydrogens (primary N) is 1. The number of carbonyl (C=O) groups is 4. The highest BCUT2D eigenvalue weighted by molar-refractivity contribution is 6.08. The molecule has 0 aliphatic carbocycles. The summed E-state index contributed by atoms with van der Waals surface area (Å²) >= 11 is 0. The number of benzene rings is 2. The third kappa shape index (κ3) is 8.43. The Morgan fingerprint density at radius 1 is 1.07 bits per heavy atom. The lowest BCUT2D eigenvalue weighted by Crippen LogP contribution is -2.55. The molecule has 10 nitrogen and oxygen atoms in total. The highest BCUT2D eigenvalue weighted by Crippen LogP contribution is 2.33. The van der Waals surface area contributed by atoms with Crippen LogP contribution in [0.1, 0.15) is 73.6 Å². The number of ether oxygens (including phenoxy) is 1. The number of pyridine rings is 1. The van der Waals surface area contributed by atoms with E-state index in [0.717, 1.165) is 5.56 Å². The van der Waals surface area contributed by atoms with Gasteiger partial charge < -0.3 is 20.7 Å². The van der Waals surface area contributed by atoms with E-state index in [2.05, 4.69) is 10.3 Å². The Balaban J connectivity index is 1.57. The van der Waals surface area contributed by atoms with Crippen LogP contribution < -0.4 is 11.1 Å². The van der Waals surface area contributed by atoms with E-state index in [9.17, 15) is 23.6 Å². The minimum atomic E-state index is -0.951. The highest BCUT2D eigenvalue weighted by atomic mass is 19.1. The molecule has 4 rings (SSSR count). The van der Waals surface area contributed by atoms with Crippen LogP contribution in [0.4, 0.5) is 14.9 Å². The molecule has 2 aromatic carbocycles. The topological polar surface area (TPSA) is 135 Å². The van der Waals surface area contributed by atoms with Crippen LogP contribution in [0.2, 0.25) is 0 Å². The van der Waals surface area contributed by atoms with Crippen molar-refractivity contribution in [2.45, 2.75) is 70.7 Å². The molecule has 45 heavy (non-hydrogen) atoms. The molecule has 1 aliphatic rings. The standard InChI is InChI=1S/C34H40FN5O5/c1-21(39(5)33(44)45-34(2,3)4)31(42)38-28(17-22-8-14-27(36)15-9-22)32(43)40-16-6-7-29(40)24-18-25(20-37-19-24)30(41)23-10-12-26(35)13-11-23/h8-15,18-21,28-29H,6-7,16-17,36H2,1-5H3,(H,38,42)/t21-,28-,29-/m0/s1. The number of nitrogens with zero attached hydrogens (tertiary/aromatic N) is 3. The van der Waals surface area contributed by atoms with Crippen molar-refractivity contribution in [3.63, 3.8) is 0 Å². The Hall–Kier alpha value is -4.80. The van der Waals surface area contributed by atoms with Crippen LogP contribution in [0.3, 0.4) is 0 Å². The number of halogens is 1. The van der Waals surface area contributed by atoms with Crippen molar-refractivity contribution >= 4 is 29.4 Å². The molecule has 0 saturated carbocycles. The van der Waals surface area contributed by atoms with Gasteiger partial charge in [0.05, 0.1) is 6.04 Å². The third-order valence-corrected chi connectivity index (χ3v) is 7.72. The molecule has 238 valence electrons. The van der Waals surface area contributed by atoms with Crippen LogP contribution in [-0.2, 0) is 20.7 Å². The van der Waals surface area contributed by atoms with Gasteiger partial charge in [-0.3, -0.25) is 24.3 Å². The Morgan fingerprint density at radius 2 is 1.73 bits per heavy atom. The summed E-state index contributed by atoms with van der Waals surface area (Å²) in [6.07, 6.45) is 3.97. The van der Waals surface area contributed by atoms with E-state index in [1.54, 1.807) is 69.1 Å². The zero-order valence-corrected chi connectivity index (χ0v) is 26.2. The van der Waals surface area contributed by atoms with Gasteiger partial charge in [-0.15, -0.1) is 0 Å². The summed E-state index contributed by atoms with van der Waals surface area (Å²) < 4.78 is 18.8. The van der Waals surface area contributed by atoms with Crippen molar-refractivity contribution in [2.75, 3.05) is 19.3 Å². The number of carbonyl (C=O) groups excluding carboxylic acids is 4. The van der Waals surface area contributed by atoms with Crippen molar-refractivity contribution in [2.24, 2.45) is 0 Å². The van der Waals surface area contributed by atoms with Crippen LogP contribution in [-0.4, -0.2) is 69.8 Å². The number of amides is 3. The Kier molecular flexibility index (Phi) is 10.2. The zero-order chi connectivity index (χ0) is 32.9. The first kappa shape index (κ1) is 33.1. The molecule has 1 saturated heterocycles. The number of nitrogens with one attached hydrogen (secondary N) is 1. The minimum absolute atomic E-state index is 0.193. The van der Waals surface area contributed by atoms with Gasteiger partial charge in [-0.2, -0.15) is 0 Å². The van der Waals surface area contributed by atoms with Crippen LogP contribution in [0.5, 0.6) is 0 Å². The predicted octanol–water partition coefficient (Wildman–Crippen LogP) is 4.68. The van der Waals surface area contributed by atoms with Gasteiger partial charge in [-0.1, -0.05) is 12.1 Å². The Labute approximate surface area is 262 Å². The molecule has 3 amide bonds. The average molecular weight is 618 g/mol. The molecule has 2 heterocycles. The molecule has 11 heteroatoms. The molecule has 0 radical (unpaired) electrons. The van der Waals surface area contributed by atoms with Crippen LogP contribution in [0.15, 0.2) is 67.0 Å². The number of aromatic nitrogens is 1. The number of hydrogen-bond acceptors (Lipinski definition) is 7. The van der Waals surface area contributed by atoms with E-state index in [0.29, 0.717) is 41.8 Å². The lowest BCUT2D eigenvalue weighted by Gasteiger charge is -2.32. The van der Waals surface area contributed by atoms with Crippen molar-refractivity contribution in [3.8, 4) is 0 Å². The number of ketones is 1. The highest BCUT2D eigenvalue weighted by Gasteiger charge is 2.37. The Bertz CT molecular complexity index is 1540. The lowest BCUT2D eigenvalue weighted by atomic mass is 9.99. The predicted molar refractivity (Wildman–Crippen MR) is 168 cm³/mol. The fourth-order valence-electron chi connectivity index (χ4n) is 5.16. The second kappa shape index (κ2) is 13.9. The summed E-state index contributed by atoms with van der Waals surface area (Å²) in [5.41, 5.74) is 7.82. The molecule has 1 aromatic heterocycles. The van der Waals surface area contributed by atoms with Crippen LogP contribution in [0.25, 0.3) is 0 Å². The molecule has 3 aromatic rings. The number of nitrogen functional groups attached to an aromatic ring is 1. The molecule has 3 atom stereocenters. The second-order valence-corrected chi connectivity index (χ2v) is 12.3. The van der Waals surface area contributed by atoms with Crippen LogP contribution >= 0.6 is 0 Å². The van der Waals surface area contributed by atoms with Gasteiger partial charge in [0.25, 0.3) is 0 Å². The fourth-order valence-corrected chi connectivity index (χ4v) is 5.16. The van der Waals surface area contributed by atoms with E-state index in [1.807, 2.05) is 0 Å². The maximum Gasteiger partial charge on any atom is 0.410 e. The van der Waals surface area contributed by atoms with Crippen molar-refractivity contribution in [3.05, 3.63) is 95.1 Å². The summed E-state index contributed by atoms with van der Waals surface area (Å²) in [5.74, 6) is -1.56. The van der Waals surface area contributed by atoms with Crippen LogP contribution in [0, 0.1) is 5.82 Å². The van der Waals surface area contributed by atoms with Gasteiger partial charge in [-0.25, -0.2) is 9.18 Å². The Morgan fingerprint density at radius 3 is 2.38 bits per heavy atom. The minimum Gasteiger partial charge on any atom is -0.444 e. The first-order valence-corrected chi connectivity index (χ1v) is 14.9. The van der Waals surface area contributed by atoms with Gasteiger partial charge in [0.1, 0.15) is 23.5 Å². The third-order valence-electron chi connectivity index (χ3n) is 7.72. The number of rotatable bonds is 9. The van der Waals surface area contributed by atoms with Gasteiger partial charge >= 0.3 is 6.09 Å². The molecule has 1 aliphatic heterocycles. The SMILES string of the molecule is C[C@@H](C(=O)N[C@@H](Cc1ccc(N)cc1)C(=O)N1CCC[C@H]1c1cncc(C(=O)c2ccc(F)cc2)c1)N(C)C(=O)OC(C)(C)C. The summed E-state index contributed by atoms with van der Waals surface area (Å²) in [4.78, 5) is 60.5. The normalized spacial score (nSPS) is 16.0. The van der Waals surface area contributed by atoms with E-state index in [1.165, 1.54) is 42.4 Å². The first-order chi connectivity index (χ1) is 21.2. The first-order valence-electron chi connectivity index (χ1n) is 14.9. The fraction of sp³-hybridized carbons (Fsp3) is 0.382. The molecule has 0 spiro atoms. The molecule has 0 bridgehead atoms. The molecular formula is C34H40FN5O5. The van der Waals surface area contributed by atoms with E-state index < -0.39 is 35.5 Å². The molecule has 3 N–H and O–H groups in total. The number of likely N-dealkylation sites (tertiary alicyclic amines) is 1. The van der Waals surface area contributed by atoms with Gasteiger partial charge in [0.15, 0.2) is 5.78 Å². The quantitative estimate of drug-likeness (QED) is 0.263. The number of likely N-dealkylation sites (N-methyl/N-ethyl adjacent to an activating group) is 1. The van der Waals surface area contributed by atoms with E-state index in [4.69, 9.17) is 10.5 Å². The molecule has 1 fully saturated rings. The summed E-state index contributed by atoms with van der Waals surface area (Å²) in [5, 5.41) is 2.87. The van der Waals surface area contributed by atoms with Gasteiger partial charge in [0, 0.05) is 49.2 Å². The van der Waals surface area contributed by atoms with Crippen molar-refractivity contribution in [1.29, 1.82) is 0 Å². The van der Waals surface area contributed by atoms with Gasteiger partial charge in [-0.05, 0) is 94.1 Å². The molecule has 0 unspecified atom stereocenters. The van der Waals surface area contributed by atoms with Gasteiger partial charge in [0.2, 0.25) is 11.8 Å². The van der Waals surface area contributed by atoms with Crippen molar-refractivity contribution in [1.82, 2.24) is 20.1 Å². The van der Waals surface area contributed by atoms with Crippen molar-refractivity contribution < 1.29 is 28.3 Å². The largest absolute Gasteiger partial charge is 0.444 e. The number of anilines is 1. The second-order valence-electron chi connectivity index (χ2n) is 12.3. The zero-order valence-electron chi connectivity index (χ0n) is 26.2. The summed E-state index contributed by atoms with van der Waals surface area (Å²) in [7, 11) is 1.47. The lowest BCUT2D eigenvalue weighted by molar-refractivity contribution is -0.138. The smallest absolute Gasteiger partial charge is 0.410 e. The number of hydrogen-bond donors (Lipinski definition) is 2. The molecular weight excluding hydrogens is 577 g/mol. The van der Waals surface area contributed by atoms with E-state index >= 15 is 0 Å². The maximum atomic E-state index is 14.2. The summed E-state index contributed by atoms with van der Waals surface area (Å²) in [6, 6.07) is 11.8.